The molecule has 0 spiro atoms. The molecule has 0 amide bonds. The molecule has 1 aromatic carbocycles. The Morgan fingerprint density at radius 2 is 2.15 bits per heavy atom. The van der Waals surface area contributed by atoms with Gasteiger partial charge in [-0.15, -0.1) is 0 Å². The van der Waals surface area contributed by atoms with Gasteiger partial charge < -0.3 is 4.74 Å². The molecule has 0 unspecified atom stereocenters. The number of nitrogens with zero attached hydrogens (tertiary/aromatic N) is 2. The number of hydrogen-bond donors (Lipinski definition) is 0. The van der Waals surface area contributed by atoms with E-state index in [-0.39, 0.29) is 0 Å². The molecule has 0 atom stereocenters. The summed E-state index contributed by atoms with van der Waals surface area (Å²) in [5.74, 6) is 0.879. The average Bonchev–Trinajstić information content (AvgIpc) is 2.17. The van der Waals surface area contributed by atoms with Crippen molar-refractivity contribution in [3.8, 4) is 5.75 Å². The van der Waals surface area contributed by atoms with E-state index in [0.29, 0.717) is 13.2 Å². The summed E-state index contributed by atoms with van der Waals surface area (Å²) in [4.78, 5) is 0. The molecule has 0 saturated carbocycles. The normalized spacial score (nSPS) is 10.6. The van der Waals surface area contributed by atoms with Crippen molar-refractivity contribution in [2.45, 2.75) is 13.5 Å². The fourth-order valence-electron chi connectivity index (χ4n) is 1.04. The van der Waals surface area contributed by atoms with Gasteiger partial charge >= 0.3 is 0 Å². The van der Waals surface area contributed by atoms with Gasteiger partial charge in [-0.25, -0.2) is 9.89 Å². The Morgan fingerprint density at radius 1 is 1.38 bits per heavy atom. The number of benzene rings is 1. The molecule has 0 heterocycles. The first-order valence-corrected chi connectivity index (χ1v) is 4.57. The van der Waals surface area contributed by atoms with Gasteiger partial charge in [0.15, 0.2) is 0 Å². The number of para-hydroxylation sites is 1. The molecule has 3 radical (unpaired) electrons. The van der Waals surface area contributed by atoms with Gasteiger partial charge in [-0.2, -0.15) is 0 Å². The summed E-state index contributed by atoms with van der Waals surface area (Å²) >= 11 is 0. The van der Waals surface area contributed by atoms with Crippen LogP contribution < -0.4 is 4.74 Å². The van der Waals surface area contributed by atoms with Gasteiger partial charge in [0.25, 0.3) is 10.4 Å². The highest BCUT2D eigenvalue weighted by Gasteiger charge is 1.99. The van der Waals surface area contributed by atoms with Crippen molar-refractivity contribution in [2.24, 2.45) is 9.89 Å². The van der Waals surface area contributed by atoms with Crippen molar-refractivity contribution in [3.63, 3.8) is 0 Å². The summed E-state index contributed by atoms with van der Waals surface area (Å²) in [6.07, 6.45) is 0. The zero-order chi connectivity index (χ0) is 9.52. The molecule has 4 heteroatoms. The minimum atomic E-state index is 0.541. The second-order valence-electron chi connectivity index (χ2n) is 2.44. The summed E-state index contributed by atoms with van der Waals surface area (Å²) in [7, 11) is 2.93. The van der Waals surface area contributed by atoms with Crippen molar-refractivity contribution in [2.75, 3.05) is 6.61 Å². The van der Waals surface area contributed by atoms with Crippen LogP contribution in [0, 0.1) is 0 Å². The van der Waals surface area contributed by atoms with Crippen LogP contribution in [0.2, 0.25) is 0 Å². The molecule has 0 aromatic heterocycles. The molecule has 0 aliphatic rings. The molecule has 0 fully saturated rings. The van der Waals surface area contributed by atoms with Crippen LogP contribution in [0.3, 0.4) is 0 Å². The van der Waals surface area contributed by atoms with Crippen LogP contribution >= 0.6 is 0 Å². The summed E-state index contributed by atoms with van der Waals surface area (Å²) in [6.45, 7) is 3.17. The Kier molecular flexibility index (Phi) is 4.18. The Labute approximate surface area is 81.3 Å². The van der Waals surface area contributed by atoms with Crippen molar-refractivity contribution in [3.05, 3.63) is 29.8 Å². The first-order valence-electron chi connectivity index (χ1n) is 4.12. The smallest absolute Gasteiger partial charge is 0.254 e. The van der Waals surface area contributed by atoms with Crippen LogP contribution in [0.4, 0.5) is 0 Å². The first kappa shape index (κ1) is 9.92. The van der Waals surface area contributed by atoms with Crippen LogP contribution in [0.5, 0.6) is 5.75 Å². The average molecular weight is 191 g/mol. The van der Waals surface area contributed by atoms with Gasteiger partial charge in [0.1, 0.15) is 5.75 Å². The Hall–Kier alpha value is -1.16. The van der Waals surface area contributed by atoms with E-state index in [9.17, 15) is 0 Å². The maximum absolute atomic E-state index is 5.42. The number of ether oxygens (including phenoxy) is 1. The second-order valence-corrected chi connectivity index (χ2v) is 2.64. The Balaban J connectivity index is 2.77. The van der Waals surface area contributed by atoms with E-state index in [1.165, 1.54) is 0 Å². The molecule has 0 N–H and O–H groups in total. The third kappa shape index (κ3) is 2.99. The lowest BCUT2D eigenvalue weighted by molar-refractivity contribution is 0.336. The zero-order valence-corrected chi connectivity index (χ0v) is 8.53. The lowest BCUT2D eigenvalue weighted by atomic mass is 10.2. The summed E-state index contributed by atoms with van der Waals surface area (Å²) in [6, 6.07) is 7.81. The van der Waals surface area contributed by atoms with Gasteiger partial charge in [0.05, 0.1) is 13.2 Å². The molecule has 67 valence electrons. The highest BCUT2D eigenvalue weighted by atomic mass is 28.2. The highest BCUT2D eigenvalue weighted by Crippen LogP contribution is 2.18. The lowest BCUT2D eigenvalue weighted by Crippen LogP contribution is -1.95. The topological polar surface area (TPSA) is 34.0 Å². The van der Waals surface area contributed by atoms with E-state index < -0.39 is 0 Å². The second kappa shape index (κ2) is 5.48. The van der Waals surface area contributed by atoms with E-state index in [1.807, 2.05) is 31.2 Å². The predicted molar refractivity (Wildman–Crippen MR) is 51.9 cm³/mol. The molecule has 0 aliphatic carbocycles. The number of rotatable bonds is 4. The third-order valence-electron chi connectivity index (χ3n) is 1.58. The van der Waals surface area contributed by atoms with E-state index in [4.69, 9.17) is 4.74 Å². The molecule has 3 nitrogen and oxygen atoms in total. The quantitative estimate of drug-likeness (QED) is 0.530. The molecule has 0 bridgehead atoms. The minimum Gasteiger partial charge on any atom is -0.494 e. The van der Waals surface area contributed by atoms with E-state index in [2.05, 4.69) is 20.3 Å². The van der Waals surface area contributed by atoms with Crippen LogP contribution in [0.15, 0.2) is 34.2 Å². The minimum absolute atomic E-state index is 0.541. The zero-order valence-electron chi connectivity index (χ0n) is 7.53. The van der Waals surface area contributed by atoms with E-state index in [1.54, 1.807) is 0 Å². The van der Waals surface area contributed by atoms with Gasteiger partial charge in [0.2, 0.25) is 0 Å². The fraction of sp³-hybridized carbons (Fsp3) is 0.333. The summed E-state index contributed by atoms with van der Waals surface area (Å²) in [5, 5.41) is 3.84. The standard InChI is InChI=1S/C9H11N2OSi/c1-2-12-9-6-4-3-5-8(9)7-10-11-13/h3-6H,2,7H2,1H3. The van der Waals surface area contributed by atoms with Gasteiger partial charge in [0, 0.05) is 5.56 Å². The van der Waals surface area contributed by atoms with Crippen molar-refractivity contribution in [1.29, 1.82) is 0 Å². The summed E-state index contributed by atoms with van der Waals surface area (Å²) in [5.41, 5.74) is 1.05. The van der Waals surface area contributed by atoms with Crippen molar-refractivity contribution >= 4 is 10.4 Å². The van der Waals surface area contributed by atoms with Gasteiger partial charge in [-0.05, 0) is 13.0 Å². The third-order valence-corrected chi connectivity index (χ3v) is 1.73. The predicted octanol–water partition coefficient (Wildman–Crippen LogP) is 2.12. The monoisotopic (exact) mass is 191 g/mol. The SMILES string of the molecule is CCOc1ccccc1CN=N[Si]. The van der Waals surface area contributed by atoms with Crippen LogP contribution in [-0.4, -0.2) is 17.0 Å². The maximum atomic E-state index is 5.42. The largest absolute Gasteiger partial charge is 0.494 e. The van der Waals surface area contributed by atoms with Crippen molar-refractivity contribution in [1.82, 2.24) is 0 Å². The first-order chi connectivity index (χ1) is 6.38. The van der Waals surface area contributed by atoms with Crippen molar-refractivity contribution < 1.29 is 4.74 Å². The maximum Gasteiger partial charge on any atom is 0.254 e. The molecule has 1 rings (SSSR count). The van der Waals surface area contributed by atoms with Crippen LogP contribution in [0.1, 0.15) is 12.5 Å². The van der Waals surface area contributed by atoms with Gasteiger partial charge in [-0.3, -0.25) is 0 Å². The molecule has 1 aromatic rings. The molecular weight excluding hydrogens is 180 g/mol. The molecule has 13 heavy (non-hydrogen) atoms. The lowest BCUT2D eigenvalue weighted by Gasteiger charge is -2.06. The molecular formula is C9H11N2OSi. The van der Waals surface area contributed by atoms with Gasteiger partial charge in [-0.1, -0.05) is 18.2 Å². The Morgan fingerprint density at radius 3 is 2.85 bits per heavy atom. The van der Waals surface area contributed by atoms with E-state index >= 15 is 0 Å². The van der Waals surface area contributed by atoms with Crippen LogP contribution in [0.25, 0.3) is 0 Å². The fourth-order valence-corrected chi connectivity index (χ4v) is 1.11. The molecule has 0 saturated heterocycles. The summed E-state index contributed by atoms with van der Waals surface area (Å²) < 4.78 is 8.92. The number of hydrogen-bond acceptors (Lipinski definition) is 3. The van der Waals surface area contributed by atoms with Crippen LogP contribution in [-0.2, 0) is 6.54 Å². The molecule has 0 aliphatic heterocycles. The van der Waals surface area contributed by atoms with E-state index in [0.717, 1.165) is 11.3 Å². The highest BCUT2D eigenvalue weighted by molar-refractivity contribution is 6.04. The Bertz CT molecular complexity index is 289.